The molecule has 0 spiro atoms. The van der Waals surface area contributed by atoms with Gasteiger partial charge in [0, 0.05) is 12.6 Å². The van der Waals surface area contributed by atoms with E-state index in [0.717, 1.165) is 19.3 Å². The molecule has 0 aromatic carbocycles. The number of nitrogens with one attached hydrogen (secondary N) is 1. The highest BCUT2D eigenvalue weighted by molar-refractivity contribution is 5.82. The second kappa shape index (κ2) is 7.16. The maximum Gasteiger partial charge on any atom is 0.326 e. The number of likely N-dealkylation sites (tertiary alicyclic amines) is 1. The highest BCUT2D eigenvalue weighted by Crippen LogP contribution is 2.24. The maximum absolute atomic E-state index is 12.2. The van der Waals surface area contributed by atoms with Gasteiger partial charge in [-0.3, -0.25) is 0 Å². The molecule has 1 rings (SSSR count). The number of nitrogens with zero attached hydrogens (tertiary/aromatic N) is 1. The second-order valence-electron chi connectivity index (χ2n) is 5.22. The van der Waals surface area contributed by atoms with Crippen molar-refractivity contribution in [1.29, 1.82) is 0 Å². The molecular weight excluding hydrogens is 244 g/mol. The van der Waals surface area contributed by atoms with E-state index in [1.165, 1.54) is 6.08 Å². The van der Waals surface area contributed by atoms with E-state index in [9.17, 15) is 9.59 Å². The number of piperidine rings is 1. The lowest BCUT2D eigenvalue weighted by molar-refractivity contribution is -0.139. The Balaban J connectivity index is 2.64. The first-order valence-corrected chi connectivity index (χ1v) is 6.90. The molecule has 2 amide bonds. The Morgan fingerprint density at radius 2 is 2.21 bits per heavy atom. The van der Waals surface area contributed by atoms with Crippen LogP contribution in [-0.2, 0) is 4.79 Å². The Morgan fingerprint density at radius 3 is 2.74 bits per heavy atom. The van der Waals surface area contributed by atoms with Gasteiger partial charge in [-0.05, 0) is 32.1 Å². The lowest BCUT2D eigenvalue weighted by Gasteiger charge is -2.38. The number of urea groups is 1. The molecule has 0 saturated carbocycles. The Kier molecular flexibility index (Phi) is 5.86. The van der Waals surface area contributed by atoms with Crippen LogP contribution in [0.5, 0.6) is 0 Å². The zero-order valence-corrected chi connectivity index (χ0v) is 11.8. The monoisotopic (exact) mass is 268 g/mol. The van der Waals surface area contributed by atoms with Crippen LogP contribution >= 0.6 is 0 Å². The summed E-state index contributed by atoms with van der Waals surface area (Å²) in [6.45, 7) is 8.36. The van der Waals surface area contributed by atoms with Crippen LogP contribution in [0.15, 0.2) is 12.7 Å². The SMILES string of the molecule is C=CCC(NC(=O)N1CC(CC)CCC1C)C(=O)O. The van der Waals surface area contributed by atoms with E-state index >= 15 is 0 Å². The number of hydrogen-bond donors (Lipinski definition) is 2. The van der Waals surface area contributed by atoms with Crippen molar-refractivity contribution in [1.82, 2.24) is 10.2 Å². The van der Waals surface area contributed by atoms with Crippen molar-refractivity contribution in [2.45, 2.75) is 51.6 Å². The summed E-state index contributed by atoms with van der Waals surface area (Å²) in [5.74, 6) is -0.505. The quantitative estimate of drug-likeness (QED) is 0.751. The lowest BCUT2D eigenvalue weighted by atomic mass is 9.92. The molecule has 0 radical (unpaired) electrons. The Hall–Kier alpha value is -1.52. The number of carboxylic acids is 1. The fourth-order valence-electron chi connectivity index (χ4n) is 2.42. The van der Waals surface area contributed by atoms with Crippen LogP contribution in [0.1, 0.15) is 39.5 Å². The molecule has 108 valence electrons. The van der Waals surface area contributed by atoms with Crippen molar-refractivity contribution >= 4 is 12.0 Å². The van der Waals surface area contributed by atoms with Gasteiger partial charge in [0.25, 0.3) is 0 Å². The van der Waals surface area contributed by atoms with Gasteiger partial charge in [-0.25, -0.2) is 9.59 Å². The van der Waals surface area contributed by atoms with Crippen LogP contribution in [0.2, 0.25) is 0 Å². The number of carbonyl (C=O) groups excluding carboxylic acids is 1. The molecule has 0 aromatic heterocycles. The average molecular weight is 268 g/mol. The summed E-state index contributed by atoms with van der Waals surface area (Å²) >= 11 is 0. The average Bonchev–Trinajstić information content (AvgIpc) is 2.38. The van der Waals surface area contributed by atoms with Gasteiger partial charge in [0.15, 0.2) is 0 Å². The van der Waals surface area contributed by atoms with Crippen molar-refractivity contribution in [2.24, 2.45) is 5.92 Å². The van der Waals surface area contributed by atoms with Crippen LogP contribution in [0, 0.1) is 5.92 Å². The zero-order chi connectivity index (χ0) is 14.4. The lowest BCUT2D eigenvalue weighted by Crippen LogP contribution is -2.53. The molecule has 0 aliphatic carbocycles. The molecule has 1 aliphatic heterocycles. The molecule has 1 fully saturated rings. The van der Waals surface area contributed by atoms with E-state index in [1.54, 1.807) is 4.90 Å². The number of rotatable bonds is 5. The number of carbonyl (C=O) groups is 2. The Labute approximate surface area is 114 Å². The van der Waals surface area contributed by atoms with Crippen LogP contribution in [0.4, 0.5) is 4.79 Å². The minimum absolute atomic E-state index is 0.168. The first-order valence-electron chi connectivity index (χ1n) is 6.90. The summed E-state index contributed by atoms with van der Waals surface area (Å²) in [5.41, 5.74) is 0. The van der Waals surface area contributed by atoms with Gasteiger partial charge in [0.1, 0.15) is 6.04 Å². The van der Waals surface area contributed by atoms with Gasteiger partial charge in [0.05, 0.1) is 0 Å². The van der Waals surface area contributed by atoms with Gasteiger partial charge >= 0.3 is 12.0 Å². The third kappa shape index (κ3) is 4.26. The maximum atomic E-state index is 12.2. The minimum Gasteiger partial charge on any atom is -0.480 e. The van der Waals surface area contributed by atoms with Crippen molar-refractivity contribution in [3.8, 4) is 0 Å². The predicted molar refractivity (Wildman–Crippen MR) is 74.0 cm³/mol. The molecule has 1 aliphatic rings. The third-order valence-electron chi connectivity index (χ3n) is 3.82. The predicted octanol–water partition coefficient (Wildman–Crippen LogP) is 2.24. The second-order valence-corrected chi connectivity index (χ2v) is 5.22. The fraction of sp³-hybridized carbons (Fsp3) is 0.714. The van der Waals surface area contributed by atoms with Crippen molar-refractivity contribution in [2.75, 3.05) is 6.54 Å². The van der Waals surface area contributed by atoms with Crippen LogP contribution in [0.3, 0.4) is 0 Å². The first kappa shape index (κ1) is 15.5. The molecule has 19 heavy (non-hydrogen) atoms. The topological polar surface area (TPSA) is 69.6 Å². The van der Waals surface area contributed by atoms with Crippen molar-refractivity contribution in [3.63, 3.8) is 0 Å². The van der Waals surface area contributed by atoms with E-state index in [0.29, 0.717) is 12.5 Å². The van der Waals surface area contributed by atoms with E-state index in [1.807, 2.05) is 6.92 Å². The third-order valence-corrected chi connectivity index (χ3v) is 3.82. The molecule has 1 saturated heterocycles. The van der Waals surface area contributed by atoms with Gasteiger partial charge in [-0.1, -0.05) is 19.4 Å². The smallest absolute Gasteiger partial charge is 0.326 e. The van der Waals surface area contributed by atoms with E-state index in [2.05, 4.69) is 18.8 Å². The molecule has 1 heterocycles. The first-order chi connectivity index (χ1) is 8.99. The summed E-state index contributed by atoms with van der Waals surface area (Å²) in [6.07, 6.45) is 4.90. The van der Waals surface area contributed by atoms with Crippen LogP contribution in [0.25, 0.3) is 0 Å². The molecular formula is C14H24N2O3. The van der Waals surface area contributed by atoms with Gasteiger partial charge < -0.3 is 15.3 Å². The molecule has 0 bridgehead atoms. The minimum atomic E-state index is -1.02. The molecule has 5 heteroatoms. The van der Waals surface area contributed by atoms with Crippen molar-refractivity contribution < 1.29 is 14.7 Å². The van der Waals surface area contributed by atoms with Crippen LogP contribution < -0.4 is 5.32 Å². The zero-order valence-electron chi connectivity index (χ0n) is 11.8. The van der Waals surface area contributed by atoms with E-state index < -0.39 is 12.0 Å². The Morgan fingerprint density at radius 1 is 1.53 bits per heavy atom. The van der Waals surface area contributed by atoms with E-state index in [-0.39, 0.29) is 18.5 Å². The van der Waals surface area contributed by atoms with Gasteiger partial charge in [0.2, 0.25) is 0 Å². The molecule has 3 unspecified atom stereocenters. The van der Waals surface area contributed by atoms with Gasteiger partial charge in [-0.2, -0.15) is 0 Å². The summed E-state index contributed by atoms with van der Waals surface area (Å²) in [5, 5.41) is 11.6. The normalized spacial score (nSPS) is 24.6. The molecule has 5 nitrogen and oxygen atoms in total. The summed E-state index contributed by atoms with van der Waals surface area (Å²) in [7, 11) is 0. The molecule has 3 atom stereocenters. The van der Waals surface area contributed by atoms with Crippen LogP contribution in [-0.4, -0.2) is 40.6 Å². The fourth-order valence-corrected chi connectivity index (χ4v) is 2.42. The Bertz CT molecular complexity index is 344. The van der Waals surface area contributed by atoms with Crippen molar-refractivity contribution in [3.05, 3.63) is 12.7 Å². The summed E-state index contributed by atoms with van der Waals surface area (Å²) in [4.78, 5) is 25.0. The standard InChI is InChI=1S/C14H24N2O3/c1-4-6-12(13(17)18)15-14(19)16-9-11(5-2)8-7-10(16)3/h4,10-12H,1,5-9H2,2-3H3,(H,15,19)(H,17,18). The largest absolute Gasteiger partial charge is 0.480 e. The van der Waals surface area contributed by atoms with E-state index in [4.69, 9.17) is 5.11 Å². The number of aliphatic carboxylic acids is 1. The number of amides is 2. The van der Waals surface area contributed by atoms with Gasteiger partial charge in [-0.15, -0.1) is 6.58 Å². The highest BCUT2D eigenvalue weighted by Gasteiger charge is 2.30. The molecule has 2 N–H and O–H groups in total. The summed E-state index contributed by atoms with van der Waals surface area (Å²) in [6, 6.07) is -1.000. The number of hydrogen-bond acceptors (Lipinski definition) is 2. The highest BCUT2D eigenvalue weighted by atomic mass is 16.4. The summed E-state index contributed by atoms with van der Waals surface area (Å²) < 4.78 is 0. The number of carboxylic acid groups (broad SMARTS) is 1. The molecule has 0 aromatic rings.